The molecule has 1 aromatic heterocycles. The summed E-state index contributed by atoms with van der Waals surface area (Å²) in [5.41, 5.74) is 16.9. The van der Waals surface area contributed by atoms with Crippen LogP contribution in [0.4, 0.5) is 0 Å². The Morgan fingerprint density at radius 1 is 0.316 bits per heavy atom. The molecule has 0 bridgehead atoms. The smallest absolute Gasteiger partial charge is 0.164 e. The van der Waals surface area contributed by atoms with Crippen molar-refractivity contribution in [3.63, 3.8) is 0 Å². The molecule has 4 nitrogen and oxygen atoms in total. The van der Waals surface area contributed by atoms with E-state index in [-0.39, 0.29) is 0 Å². The molecule has 1 spiro atoms. The molecule has 0 atom stereocenters. The summed E-state index contributed by atoms with van der Waals surface area (Å²) < 4.78 is 0. The van der Waals surface area contributed by atoms with Gasteiger partial charge in [-0.05, 0) is 85.0 Å². The summed E-state index contributed by atoms with van der Waals surface area (Å²) in [6.45, 7) is 0. The van der Waals surface area contributed by atoms with E-state index in [2.05, 4.69) is 152 Å². The third kappa shape index (κ3) is 5.03. The summed E-state index contributed by atoms with van der Waals surface area (Å²) in [5, 5.41) is 10.1. The molecule has 0 unspecified atom stereocenters. The van der Waals surface area contributed by atoms with Crippen LogP contribution in [0.2, 0.25) is 0 Å². The second-order valence-corrected chi connectivity index (χ2v) is 14.6. The van der Waals surface area contributed by atoms with E-state index in [1.807, 2.05) is 48.5 Å². The number of benzene rings is 8. The maximum atomic E-state index is 10.1. The Morgan fingerprint density at radius 2 is 0.772 bits per heavy atom. The lowest BCUT2D eigenvalue weighted by molar-refractivity contribution is 0.793. The number of fused-ring (bicyclic) bond motifs is 10. The topological polar surface area (TPSA) is 62.5 Å². The van der Waals surface area contributed by atoms with Crippen LogP contribution in [0.1, 0.15) is 27.8 Å². The molecule has 8 aromatic carbocycles. The van der Waals surface area contributed by atoms with E-state index in [9.17, 15) is 5.26 Å². The molecule has 2 aliphatic carbocycles. The number of hydrogen-bond donors (Lipinski definition) is 0. The van der Waals surface area contributed by atoms with Gasteiger partial charge in [0.1, 0.15) is 0 Å². The van der Waals surface area contributed by atoms with Crippen LogP contribution in [-0.2, 0) is 5.41 Å². The van der Waals surface area contributed by atoms with Crippen LogP contribution < -0.4 is 0 Å². The fraction of sp³-hybridized carbons (Fsp3) is 0.0189. The maximum absolute atomic E-state index is 10.1. The minimum atomic E-state index is -0.535. The maximum Gasteiger partial charge on any atom is 0.164 e. The lowest BCUT2D eigenvalue weighted by Gasteiger charge is -2.30. The molecular weight excluding hydrogens is 693 g/mol. The van der Waals surface area contributed by atoms with Gasteiger partial charge in [-0.1, -0.05) is 176 Å². The zero-order valence-corrected chi connectivity index (χ0v) is 30.8. The van der Waals surface area contributed by atoms with Crippen molar-refractivity contribution in [3.05, 3.63) is 222 Å². The molecule has 57 heavy (non-hydrogen) atoms. The molecular formula is C53H32N4. The number of rotatable bonds is 5. The number of nitrogens with zero attached hydrogens (tertiary/aromatic N) is 4. The van der Waals surface area contributed by atoms with Gasteiger partial charge in [-0.15, -0.1) is 0 Å². The highest BCUT2D eigenvalue weighted by Crippen LogP contribution is 2.63. The van der Waals surface area contributed by atoms with Gasteiger partial charge in [0.2, 0.25) is 0 Å². The normalized spacial score (nSPS) is 12.7. The predicted molar refractivity (Wildman–Crippen MR) is 228 cm³/mol. The van der Waals surface area contributed by atoms with E-state index >= 15 is 0 Å². The van der Waals surface area contributed by atoms with Crippen molar-refractivity contribution >= 4 is 0 Å². The number of nitriles is 1. The predicted octanol–water partition coefficient (Wildman–Crippen LogP) is 12.4. The molecule has 0 fully saturated rings. The van der Waals surface area contributed by atoms with Gasteiger partial charge in [-0.3, -0.25) is 0 Å². The second kappa shape index (κ2) is 12.9. The van der Waals surface area contributed by atoms with Gasteiger partial charge in [-0.2, -0.15) is 5.26 Å². The zero-order valence-electron chi connectivity index (χ0n) is 30.8. The molecule has 11 rings (SSSR count). The van der Waals surface area contributed by atoms with E-state index < -0.39 is 5.41 Å². The average Bonchev–Trinajstić information content (AvgIpc) is 3.76. The van der Waals surface area contributed by atoms with E-state index in [4.69, 9.17) is 15.0 Å². The Bertz CT molecular complexity index is 3030. The van der Waals surface area contributed by atoms with Gasteiger partial charge in [-0.25, -0.2) is 15.0 Å². The van der Waals surface area contributed by atoms with E-state index in [1.165, 1.54) is 27.8 Å². The van der Waals surface area contributed by atoms with E-state index in [0.29, 0.717) is 23.0 Å². The van der Waals surface area contributed by atoms with E-state index in [1.54, 1.807) is 0 Å². The molecule has 264 valence electrons. The minimum absolute atomic E-state index is 0.535. The molecule has 0 amide bonds. The highest BCUT2D eigenvalue weighted by molar-refractivity contribution is 5.97. The van der Waals surface area contributed by atoms with Gasteiger partial charge < -0.3 is 0 Å². The van der Waals surface area contributed by atoms with Crippen molar-refractivity contribution in [3.8, 4) is 84.7 Å². The van der Waals surface area contributed by atoms with Crippen LogP contribution in [0.15, 0.2) is 194 Å². The molecule has 9 aromatic rings. The largest absolute Gasteiger partial charge is 0.208 e. The Balaban J connectivity index is 1.09. The quantitative estimate of drug-likeness (QED) is 0.177. The first kappa shape index (κ1) is 32.7. The van der Waals surface area contributed by atoms with Gasteiger partial charge in [0.05, 0.1) is 17.0 Å². The lowest BCUT2D eigenvalue weighted by atomic mass is 9.70. The van der Waals surface area contributed by atoms with Crippen molar-refractivity contribution in [1.82, 2.24) is 15.0 Å². The van der Waals surface area contributed by atoms with Crippen LogP contribution in [-0.4, -0.2) is 15.0 Å². The third-order valence-corrected chi connectivity index (χ3v) is 11.6. The van der Waals surface area contributed by atoms with Gasteiger partial charge in [0, 0.05) is 16.7 Å². The molecule has 0 aliphatic heterocycles. The minimum Gasteiger partial charge on any atom is -0.208 e. The molecule has 2 aliphatic rings. The SMILES string of the molecule is N#Cc1ccc2c(c1)C1(c3ccccc3-c3ccccc31)c1ccc(-c3ccccc3-c3nc(-c4ccccc4)nc(-c4ccc(-c5ccccc5)cc4)n3)cc1-2. The van der Waals surface area contributed by atoms with Crippen LogP contribution in [0.25, 0.3) is 78.7 Å². The fourth-order valence-electron chi connectivity index (χ4n) is 9.10. The molecule has 0 radical (unpaired) electrons. The van der Waals surface area contributed by atoms with Crippen LogP contribution >= 0.6 is 0 Å². The first-order valence-electron chi connectivity index (χ1n) is 19.2. The average molecular weight is 725 g/mol. The first-order chi connectivity index (χ1) is 28.2. The molecule has 0 saturated heterocycles. The molecule has 1 heterocycles. The van der Waals surface area contributed by atoms with Crippen molar-refractivity contribution in [2.75, 3.05) is 0 Å². The van der Waals surface area contributed by atoms with Crippen molar-refractivity contribution < 1.29 is 0 Å². The standard InChI is InChI=1S/C53H32N4/c54-33-34-23-29-43-45-32-39(28-30-48(45)53(49(43)31-34)46-21-11-9-18-41(46)42-19-10-12-22-47(42)53)40-17-7-8-20-44(40)52-56-50(37-15-5-2-6-16-37)55-51(57-52)38-26-24-36(25-27-38)35-13-3-1-4-14-35/h1-32H. The van der Waals surface area contributed by atoms with Crippen molar-refractivity contribution in [1.29, 1.82) is 5.26 Å². The van der Waals surface area contributed by atoms with Crippen molar-refractivity contribution in [2.45, 2.75) is 5.41 Å². The monoisotopic (exact) mass is 724 g/mol. The fourth-order valence-corrected chi connectivity index (χ4v) is 9.10. The van der Waals surface area contributed by atoms with Crippen molar-refractivity contribution in [2.24, 2.45) is 0 Å². The first-order valence-corrected chi connectivity index (χ1v) is 19.2. The Hall–Kier alpha value is -7.74. The lowest BCUT2D eigenvalue weighted by Crippen LogP contribution is -2.25. The van der Waals surface area contributed by atoms with E-state index in [0.717, 1.165) is 55.6 Å². The molecule has 0 N–H and O–H groups in total. The number of aromatic nitrogens is 3. The summed E-state index contributed by atoms with van der Waals surface area (Å²) in [4.78, 5) is 15.3. The third-order valence-electron chi connectivity index (χ3n) is 11.6. The molecule has 4 heteroatoms. The Morgan fingerprint density at radius 3 is 1.42 bits per heavy atom. The van der Waals surface area contributed by atoms with Gasteiger partial charge in [0.25, 0.3) is 0 Å². The van der Waals surface area contributed by atoms with Gasteiger partial charge in [0.15, 0.2) is 17.5 Å². The highest BCUT2D eigenvalue weighted by Gasteiger charge is 2.51. The summed E-state index contributed by atoms with van der Waals surface area (Å²) in [6, 6.07) is 70.2. The van der Waals surface area contributed by atoms with Crippen LogP contribution in [0.3, 0.4) is 0 Å². The number of hydrogen-bond acceptors (Lipinski definition) is 4. The summed E-state index contributed by atoms with van der Waals surface area (Å²) in [7, 11) is 0. The summed E-state index contributed by atoms with van der Waals surface area (Å²) in [5.74, 6) is 1.84. The summed E-state index contributed by atoms with van der Waals surface area (Å²) >= 11 is 0. The highest BCUT2D eigenvalue weighted by atomic mass is 15.0. The van der Waals surface area contributed by atoms with Gasteiger partial charge >= 0.3 is 0 Å². The second-order valence-electron chi connectivity index (χ2n) is 14.6. The van der Waals surface area contributed by atoms with Crippen LogP contribution in [0.5, 0.6) is 0 Å². The zero-order chi connectivity index (χ0) is 37.9. The molecule has 0 saturated carbocycles. The summed E-state index contributed by atoms with van der Waals surface area (Å²) in [6.07, 6.45) is 0. The van der Waals surface area contributed by atoms with Crippen LogP contribution in [0, 0.1) is 11.3 Å². The Kier molecular flexibility index (Phi) is 7.42. The Labute approximate surface area is 331 Å².